The SMILES string of the molecule is CNC(C)c1cc(F)c(C)cc1OCCCN(C)C. The molecule has 3 nitrogen and oxygen atoms in total. The molecule has 0 heterocycles. The first kappa shape index (κ1) is 15.9. The number of ether oxygens (including phenoxy) is 1. The first-order valence-corrected chi connectivity index (χ1v) is 6.70. The molecule has 1 atom stereocenters. The van der Waals surface area contributed by atoms with E-state index < -0.39 is 0 Å². The lowest BCUT2D eigenvalue weighted by atomic mass is 10.0. The predicted octanol–water partition coefficient (Wildman–Crippen LogP) is 2.75. The molecule has 0 amide bonds. The van der Waals surface area contributed by atoms with Crippen molar-refractivity contribution in [2.45, 2.75) is 26.3 Å². The second-order valence-electron chi connectivity index (χ2n) is 5.15. The average Bonchev–Trinajstić information content (AvgIpc) is 2.37. The molecule has 0 aliphatic carbocycles. The fourth-order valence-corrected chi connectivity index (χ4v) is 1.85. The highest BCUT2D eigenvalue weighted by Gasteiger charge is 2.13. The van der Waals surface area contributed by atoms with E-state index in [0.29, 0.717) is 12.2 Å². The summed E-state index contributed by atoms with van der Waals surface area (Å²) in [5.41, 5.74) is 1.49. The largest absolute Gasteiger partial charge is 0.493 e. The van der Waals surface area contributed by atoms with Crippen molar-refractivity contribution >= 4 is 0 Å². The number of nitrogens with zero attached hydrogens (tertiary/aromatic N) is 1. The molecule has 0 aliphatic rings. The number of benzene rings is 1. The Kier molecular flexibility index (Phi) is 6.25. The van der Waals surface area contributed by atoms with Crippen LogP contribution >= 0.6 is 0 Å². The Balaban J connectivity index is 2.77. The Hall–Kier alpha value is -1.13. The molecule has 0 fully saturated rings. The average molecular weight is 268 g/mol. The molecule has 1 aromatic carbocycles. The third-order valence-corrected chi connectivity index (χ3v) is 3.20. The molecule has 0 bridgehead atoms. The molecule has 1 aromatic rings. The van der Waals surface area contributed by atoms with Crippen LogP contribution < -0.4 is 10.1 Å². The summed E-state index contributed by atoms with van der Waals surface area (Å²) < 4.78 is 19.5. The molecule has 0 aromatic heterocycles. The molecule has 108 valence electrons. The Morgan fingerprint density at radius 1 is 1.37 bits per heavy atom. The second-order valence-corrected chi connectivity index (χ2v) is 5.15. The highest BCUT2D eigenvalue weighted by Crippen LogP contribution is 2.28. The third kappa shape index (κ3) is 4.80. The van der Waals surface area contributed by atoms with Crippen LogP contribution in [0.5, 0.6) is 5.75 Å². The van der Waals surface area contributed by atoms with Gasteiger partial charge >= 0.3 is 0 Å². The maximum absolute atomic E-state index is 13.7. The highest BCUT2D eigenvalue weighted by atomic mass is 19.1. The van der Waals surface area contributed by atoms with Gasteiger partial charge in [0.1, 0.15) is 11.6 Å². The summed E-state index contributed by atoms with van der Waals surface area (Å²) in [5.74, 6) is 0.595. The van der Waals surface area contributed by atoms with E-state index in [-0.39, 0.29) is 11.9 Å². The summed E-state index contributed by atoms with van der Waals surface area (Å²) in [6, 6.07) is 3.42. The van der Waals surface area contributed by atoms with Crippen LogP contribution in [0.4, 0.5) is 4.39 Å². The van der Waals surface area contributed by atoms with Crippen LogP contribution in [0.1, 0.15) is 30.5 Å². The van der Waals surface area contributed by atoms with E-state index >= 15 is 0 Å². The molecule has 1 rings (SSSR count). The molecular formula is C15H25FN2O. The monoisotopic (exact) mass is 268 g/mol. The lowest BCUT2D eigenvalue weighted by Gasteiger charge is -2.18. The van der Waals surface area contributed by atoms with Gasteiger partial charge in [0, 0.05) is 18.2 Å². The van der Waals surface area contributed by atoms with Crippen LogP contribution in [0, 0.1) is 12.7 Å². The van der Waals surface area contributed by atoms with Crippen LogP contribution in [0.25, 0.3) is 0 Å². The summed E-state index contributed by atoms with van der Waals surface area (Å²) in [4.78, 5) is 2.12. The van der Waals surface area contributed by atoms with Gasteiger partial charge in [-0.1, -0.05) is 0 Å². The summed E-state index contributed by atoms with van der Waals surface area (Å²) in [6.07, 6.45) is 0.955. The first-order valence-electron chi connectivity index (χ1n) is 6.70. The zero-order valence-electron chi connectivity index (χ0n) is 12.6. The van der Waals surface area contributed by atoms with Gasteiger partial charge in [0.15, 0.2) is 0 Å². The first-order chi connectivity index (χ1) is 8.95. The third-order valence-electron chi connectivity index (χ3n) is 3.20. The Labute approximate surface area is 115 Å². The predicted molar refractivity (Wildman–Crippen MR) is 77.3 cm³/mol. The minimum Gasteiger partial charge on any atom is -0.493 e. The molecule has 0 saturated carbocycles. The van der Waals surface area contributed by atoms with Crippen molar-refractivity contribution in [1.82, 2.24) is 10.2 Å². The fourth-order valence-electron chi connectivity index (χ4n) is 1.85. The quantitative estimate of drug-likeness (QED) is 0.770. The topological polar surface area (TPSA) is 24.5 Å². The van der Waals surface area contributed by atoms with Crippen molar-refractivity contribution in [1.29, 1.82) is 0 Å². The van der Waals surface area contributed by atoms with Gasteiger partial charge < -0.3 is 15.0 Å². The van der Waals surface area contributed by atoms with Gasteiger partial charge in [-0.05, 0) is 59.1 Å². The van der Waals surface area contributed by atoms with Crippen molar-refractivity contribution in [3.8, 4) is 5.75 Å². The van der Waals surface area contributed by atoms with Gasteiger partial charge in [-0.3, -0.25) is 0 Å². The van der Waals surface area contributed by atoms with Crippen molar-refractivity contribution < 1.29 is 9.13 Å². The van der Waals surface area contributed by atoms with Gasteiger partial charge in [-0.2, -0.15) is 0 Å². The molecule has 0 spiro atoms. The van der Waals surface area contributed by atoms with Crippen molar-refractivity contribution in [2.75, 3.05) is 34.3 Å². The van der Waals surface area contributed by atoms with Gasteiger partial charge in [0.25, 0.3) is 0 Å². The van der Waals surface area contributed by atoms with Crippen molar-refractivity contribution in [3.05, 3.63) is 29.1 Å². The zero-order valence-corrected chi connectivity index (χ0v) is 12.6. The number of rotatable bonds is 7. The molecule has 0 radical (unpaired) electrons. The van der Waals surface area contributed by atoms with Crippen LogP contribution in [-0.2, 0) is 0 Å². The Morgan fingerprint density at radius 3 is 2.63 bits per heavy atom. The molecule has 1 unspecified atom stereocenters. The van der Waals surface area contributed by atoms with E-state index in [1.54, 1.807) is 19.1 Å². The van der Waals surface area contributed by atoms with E-state index in [4.69, 9.17) is 4.74 Å². The summed E-state index contributed by atoms with van der Waals surface area (Å²) in [5, 5.41) is 3.12. The van der Waals surface area contributed by atoms with E-state index in [0.717, 1.165) is 24.3 Å². The van der Waals surface area contributed by atoms with Gasteiger partial charge in [-0.15, -0.1) is 0 Å². The normalized spacial score (nSPS) is 12.8. The summed E-state index contributed by atoms with van der Waals surface area (Å²) in [6.45, 7) is 5.39. The number of nitrogens with one attached hydrogen (secondary N) is 1. The lowest BCUT2D eigenvalue weighted by molar-refractivity contribution is 0.277. The minimum absolute atomic E-state index is 0.0685. The van der Waals surface area contributed by atoms with E-state index in [1.807, 2.05) is 28.1 Å². The second kappa shape index (κ2) is 7.46. The summed E-state index contributed by atoms with van der Waals surface area (Å²) >= 11 is 0. The maximum Gasteiger partial charge on any atom is 0.126 e. The van der Waals surface area contributed by atoms with Crippen LogP contribution in [0.3, 0.4) is 0 Å². The van der Waals surface area contributed by atoms with Gasteiger partial charge in [0.05, 0.1) is 6.61 Å². The molecule has 4 heteroatoms. The zero-order chi connectivity index (χ0) is 14.4. The standard InChI is InChI=1S/C15H25FN2O/c1-11-9-15(19-8-6-7-18(4)5)13(10-14(11)16)12(2)17-3/h9-10,12,17H,6-8H2,1-5H3. The fraction of sp³-hybridized carbons (Fsp3) is 0.600. The van der Waals surface area contributed by atoms with Crippen LogP contribution in [0.15, 0.2) is 12.1 Å². The molecule has 0 aliphatic heterocycles. The van der Waals surface area contributed by atoms with E-state index in [9.17, 15) is 4.39 Å². The van der Waals surface area contributed by atoms with Gasteiger partial charge in [0.2, 0.25) is 0 Å². The number of hydrogen-bond donors (Lipinski definition) is 1. The van der Waals surface area contributed by atoms with Crippen LogP contribution in [-0.4, -0.2) is 39.2 Å². The Morgan fingerprint density at radius 2 is 2.05 bits per heavy atom. The summed E-state index contributed by atoms with van der Waals surface area (Å²) in [7, 11) is 5.94. The lowest BCUT2D eigenvalue weighted by Crippen LogP contribution is -2.17. The number of halogens is 1. The van der Waals surface area contributed by atoms with Gasteiger partial charge in [-0.25, -0.2) is 4.39 Å². The van der Waals surface area contributed by atoms with Crippen LogP contribution in [0.2, 0.25) is 0 Å². The van der Waals surface area contributed by atoms with Crippen molar-refractivity contribution in [3.63, 3.8) is 0 Å². The highest BCUT2D eigenvalue weighted by molar-refractivity contribution is 5.40. The Bertz CT molecular complexity index is 407. The molecule has 19 heavy (non-hydrogen) atoms. The molecule has 0 saturated heterocycles. The maximum atomic E-state index is 13.7. The minimum atomic E-state index is -0.183. The molecular weight excluding hydrogens is 243 g/mol. The smallest absolute Gasteiger partial charge is 0.126 e. The number of aryl methyl sites for hydroxylation is 1. The number of hydrogen-bond acceptors (Lipinski definition) is 3. The van der Waals surface area contributed by atoms with E-state index in [2.05, 4.69) is 10.2 Å². The molecule has 1 N–H and O–H groups in total. The van der Waals surface area contributed by atoms with Crippen molar-refractivity contribution in [2.24, 2.45) is 0 Å². The van der Waals surface area contributed by atoms with E-state index in [1.165, 1.54) is 0 Å².